The maximum atomic E-state index is 13.9. The van der Waals surface area contributed by atoms with Gasteiger partial charge in [0.2, 0.25) is 0 Å². The molecule has 0 bridgehead atoms. The van der Waals surface area contributed by atoms with Crippen LogP contribution in [0.4, 0.5) is 39.9 Å². The van der Waals surface area contributed by atoms with Gasteiger partial charge in [0.25, 0.3) is 0 Å². The van der Waals surface area contributed by atoms with Crippen molar-refractivity contribution in [1.29, 1.82) is 0 Å². The highest BCUT2D eigenvalue weighted by molar-refractivity contribution is 14.1. The molecule has 2 aliphatic rings. The predicted octanol–water partition coefficient (Wildman–Crippen LogP) is 3.03. The van der Waals surface area contributed by atoms with Crippen LogP contribution >= 0.6 is 22.6 Å². The van der Waals surface area contributed by atoms with Crippen LogP contribution in [-0.4, -0.2) is 103 Å². The van der Waals surface area contributed by atoms with Crippen molar-refractivity contribution in [3.63, 3.8) is 0 Å². The van der Waals surface area contributed by atoms with Crippen LogP contribution in [0.5, 0.6) is 0 Å². The number of aliphatic hydroxyl groups is 1. The van der Waals surface area contributed by atoms with Gasteiger partial charge in [0.1, 0.15) is 16.7 Å². The number of carbonyl (C=O) groups is 3. The Morgan fingerprint density at radius 2 is 1.29 bits per heavy atom. The van der Waals surface area contributed by atoms with Crippen molar-refractivity contribution in [3.05, 3.63) is 0 Å². The van der Waals surface area contributed by atoms with E-state index in [1.165, 1.54) is 27.9 Å². The molecule has 2 fully saturated rings. The third-order valence-corrected chi connectivity index (χ3v) is 8.21. The second-order valence-electron chi connectivity index (χ2n) is 10.8. The van der Waals surface area contributed by atoms with Crippen LogP contribution in [-0.2, 0) is 42.8 Å². The lowest BCUT2D eigenvalue weighted by Gasteiger charge is -2.44. The smallest absolute Gasteiger partial charge is 0.460 e. The molecule has 45 heavy (non-hydrogen) atoms. The van der Waals surface area contributed by atoms with Crippen LogP contribution in [0.1, 0.15) is 46.5 Å². The third-order valence-electron chi connectivity index (χ3n) is 6.19. The molecule has 0 spiro atoms. The number of aliphatic hydroxyl groups excluding tert-OH is 1. The minimum Gasteiger partial charge on any atom is -0.468 e. The summed E-state index contributed by atoms with van der Waals surface area (Å²) in [5.41, 5.74) is -3.75. The van der Waals surface area contributed by atoms with Gasteiger partial charge in [-0.2, -0.15) is 43.5 Å². The first-order valence-corrected chi connectivity index (χ1v) is 14.8. The number of carbonyl (C=O) groups excluding carboxylic acids is 3. The molecule has 264 valence electrons. The van der Waals surface area contributed by atoms with Gasteiger partial charge in [-0.05, 0) is 27.8 Å². The molecule has 2 aliphatic carbocycles. The summed E-state index contributed by atoms with van der Waals surface area (Å²) in [6.07, 6.45) is -17.3. The Morgan fingerprint density at radius 3 is 1.64 bits per heavy atom. The molecular formula is C22H31F8IN2O11S. The number of hydrogen-bond donors (Lipinski definition) is 3. The maximum Gasteiger partial charge on any atom is 0.460 e. The van der Waals surface area contributed by atoms with Gasteiger partial charge in [0.05, 0.1) is 26.4 Å². The van der Waals surface area contributed by atoms with Crippen LogP contribution in [0.2, 0.25) is 0 Å². The predicted molar refractivity (Wildman–Crippen MR) is 141 cm³/mol. The van der Waals surface area contributed by atoms with Crippen LogP contribution < -0.4 is 10.6 Å². The first-order chi connectivity index (χ1) is 20.0. The van der Waals surface area contributed by atoms with E-state index in [1.54, 1.807) is 7.05 Å². The lowest BCUT2D eigenvalue weighted by atomic mass is 9.74. The fraction of sp³-hybridized carbons (Fsp3) is 0.864. The molecule has 2 saturated carbocycles. The Morgan fingerprint density at radius 1 is 0.844 bits per heavy atom. The van der Waals surface area contributed by atoms with Gasteiger partial charge in [-0.1, -0.05) is 0 Å². The van der Waals surface area contributed by atoms with Gasteiger partial charge in [-0.15, -0.1) is 0 Å². The van der Waals surface area contributed by atoms with Crippen LogP contribution in [0.15, 0.2) is 0 Å². The minimum atomic E-state index is -6.82. The first kappa shape index (κ1) is 41.2. The zero-order valence-electron chi connectivity index (χ0n) is 24.3. The molecule has 2 rings (SSSR count). The van der Waals surface area contributed by atoms with Crippen LogP contribution in [0.3, 0.4) is 0 Å². The summed E-state index contributed by atoms with van der Waals surface area (Å²) >= 11 is -0.382. The fourth-order valence-corrected chi connectivity index (χ4v) is 4.93. The van der Waals surface area contributed by atoms with Gasteiger partial charge in [-0.3, -0.25) is 8.98 Å². The topological polar surface area (TPSA) is 176 Å². The highest BCUT2D eigenvalue weighted by Crippen LogP contribution is 2.50. The van der Waals surface area contributed by atoms with Gasteiger partial charge in [-0.25, -0.2) is 14.3 Å². The molecule has 0 aliphatic heterocycles. The molecule has 0 saturated heterocycles. The first-order valence-electron chi connectivity index (χ1n) is 12.3. The standard InChI is InChI=1S/C15H18F8INO8S.C7H13NO3/c1-10(2,3)31-9(27)25-11(8(26)30-4)5-7(6-11)32-34(28,29)15(22,23)14(20,21)33-13(18,19)12(16,17)24;1-8-7(6(10)11-2)3-5(9)4-7/h7H,5-6H2,1-4H3,(H,25,27);5,8-9H,3-4H2,1-2H3. The lowest BCUT2D eigenvalue weighted by Crippen LogP contribution is -2.66. The number of likely N-dealkylation sites (N-methyl/N-ethyl adjacent to an activating group) is 1. The number of alkyl carbamates (subject to hydrolysis) is 1. The van der Waals surface area contributed by atoms with E-state index in [0.29, 0.717) is 12.8 Å². The Kier molecular flexibility index (Phi) is 12.6. The second kappa shape index (κ2) is 13.7. The molecule has 3 N–H and O–H groups in total. The maximum absolute atomic E-state index is 13.9. The second-order valence-corrected chi connectivity index (χ2v) is 13.8. The normalized spacial score (nSPS) is 25.9. The van der Waals surface area contributed by atoms with Gasteiger partial charge < -0.3 is 30.0 Å². The monoisotopic (exact) mass is 810 g/mol. The molecule has 0 atom stereocenters. The number of rotatable bonds is 11. The molecule has 0 unspecified atom stereocenters. The SMILES string of the molecule is CNC1(C(=O)OC)CC(O)C1.COC(=O)C1(NC(=O)OC(C)(C)C)CC(OS(=O)(=O)C(F)(F)C(F)(F)OC(F)(F)C(F)(F)I)C1. The van der Waals surface area contributed by atoms with Crippen molar-refractivity contribution in [3.8, 4) is 0 Å². The van der Waals surface area contributed by atoms with Crippen molar-refractivity contribution >= 4 is 50.7 Å². The average Bonchev–Trinajstić information content (AvgIpc) is 2.81. The zero-order valence-corrected chi connectivity index (χ0v) is 27.3. The number of halogens is 9. The summed E-state index contributed by atoms with van der Waals surface area (Å²) < 4.78 is 144. The molecule has 0 heterocycles. The van der Waals surface area contributed by atoms with Crippen molar-refractivity contribution in [1.82, 2.24) is 10.6 Å². The molecule has 0 aromatic carbocycles. The molecule has 23 heteroatoms. The number of alkyl halides is 9. The summed E-state index contributed by atoms with van der Waals surface area (Å²) in [7, 11) is -2.92. The summed E-state index contributed by atoms with van der Waals surface area (Å²) in [5.74, 6) is -1.50. The van der Waals surface area contributed by atoms with Crippen molar-refractivity contribution < 1.29 is 86.2 Å². The van der Waals surface area contributed by atoms with E-state index < -0.39 is 79.2 Å². The molecule has 0 aromatic rings. The number of hydrogen-bond acceptors (Lipinski definition) is 12. The average molecular weight is 810 g/mol. The fourth-order valence-electron chi connectivity index (χ4n) is 3.88. The minimum absolute atomic E-state index is 0.287. The van der Waals surface area contributed by atoms with E-state index in [0.717, 1.165) is 7.11 Å². The van der Waals surface area contributed by atoms with E-state index in [-0.39, 0.29) is 34.7 Å². The molecular weight excluding hydrogens is 779 g/mol. The van der Waals surface area contributed by atoms with E-state index in [4.69, 9.17) is 9.84 Å². The summed E-state index contributed by atoms with van der Waals surface area (Å²) in [6, 6.07) is 0. The van der Waals surface area contributed by atoms with Crippen molar-refractivity contribution in [2.45, 2.75) is 96.7 Å². The van der Waals surface area contributed by atoms with E-state index in [1.807, 2.05) is 5.32 Å². The number of esters is 2. The molecule has 13 nitrogen and oxygen atoms in total. The number of methoxy groups -OCH3 is 2. The Hall–Kier alpha value is -1.83. The van der Waals surface area contributed by atoms with Crippen LogP contribution in [0.25, 0.3) is 0 Å². The van der Waals surface area contributed by atoms with Gasteiger partial charge >= 0.3 is 49.6 Å². The number of nitrogens with one attached hydrogen (secondary N) is 2. The van der Waals surface area contributed by atoms with Gasteiger partial charge in [0, 0.05) is 48.3 Å². The lowest BCUT2D eigenvalue weighted by molar-refractivity contribution is -0.439. The zero-order chi connectivity index (χ0) is 35.7. The Labute approximate surface area is 265 Å². The molecule has 0 aromatic heterocycles. The Bertz CT molecular complexity index is 1200. The largest absolute Gasteiger partial charge is 0.468 e. The van der Waals surface area contributed by atoms with E-state index >= 15 is 0 Å². The van der Waals surface area contributed by atoms with E-state index in [9.17, 15) is 57.9 Å². The number of ether oxygens (including phenoxy) is 4. The summed E-state index contributed by atoms with van der Waals surface area (Å²) in [5, 5.41) is 7.31. The quantitative estimate of drug-likeness (QED) is 0.0696. The van der Waals surface area contributed by atoms with Crippen molar-refractivity contribution in [2.24, 2.45) is 0 Å². The third kappa shape index (κ3) is 9.38. The summed E-state index contributed by atoms with van der Waals surface area (Å²) in [4.78, 5) is 35.0. The number of amides is 1. The van der Waals surface area contributed by atoms with Crippen molar-refractivity contribution in [2.75, 3.05) is 21.3 Å². The molecule has 1 amide bonds. The Balaban J connectivity index is 0.000000768. The summed E-state index contributed by atoms with van der Waals surface area (Å²) in [6.45, 7) is 4.33. The van der Waals surface area contributed by atoms with Crippen LogP contribution in [0, 0.1) is 0 Å². The highest BCUT2D eigenvalue weighted by Gasteiger charge is 2.75. The van der Waals surface area contributed by atoms with E-state index in [2.05, 4.69) is 23.7 Å². The van der Waals surface area contributed by atoms with Gasteiger partial charge in [0.15, 0.2) is 0 Å². The molecule has 0 radical (unpaired) electrons. The highest BCUT2D eigenvalue weighted by atomic mass is 127.